The average Bonchev–Trinajstić information content (AvgIpc) is 2.85. The van der Waals surface area contributed by atoms with Gasteiger partial charge in [0.25, 0.3) is 0 Å². The van der Waals surface area contributed by atoms with Crippen molar-refractivity contribution in [2.45, 2.75) is 26.4 Å². The summed E-state index contributed by atoms with van der Waals surface area (Å²) in [5.74, 6) is 1.54. The van der Waals surface area contributed by atoms with E-state index in [2.05, 4.69) is 24.1 Å². The van der Waals surface area contributed by atoms with Gasteiger partial charge in [0.1, 0.15) is 5.76 Å². The minimum absolute atomic E-state index is 0.428. The molecule has 0 aliphatic heterocycles. The Morgan fingerprint density at radius 3 is 2.78 bits per heavy atom. The van der Waals surface area contributed by atoms with Crippen LogP contribution in [0.2, 0.25) is 0 Å². The summed E-state index contributed by atoms with van der Waals surface area (Å²) in [5, 5.41) is 3.34. The second kappa shape index (κ2) is 5.69. The SMILES string of the molecule is COc1ccc(-c2ccoc2CNC(C)C)cn1. The molecule has 4 heteroatoms. The van der Waals surface area contributed by atoms with Crippen molar-refractivity contribution in [3.05, 3.63) is 36.4 Å². The molecule has 2 aromatic heterocycles. The molecule has 0 aliphatic rings. The fourth-order valence-corrected chi connectivity index (χ4v) is 1.69. The molecule has 0 amide bonds. The molecule has 0 aliphatic carbocycles. The van der Waals surface area contributed by atoms with Crippen molar-refractivity contribution in [3.63, 3.8) is 0 Å². The summed E-state index contributed by atoms with van der Waals surface area (Å²) in [7, 11) is 1.61. The van der Waals surface area contributed by atoms with Gasteiger partial charge in [-0.25, -0.2) is 4.98 Å². The van der Waals surface area contributed by atoms with Gasteiger partial charge in [-0.2, -0.15) is 0 Å². The summed E-state index contributed by atoms with van der Waals surface area (Å²) in [5.41, 5.74) is 2.10. The van der Waals surface area contributed by atoms with Crippen LogP contribution in [0.15, 0.2) is 35.1 Å². The molecule has 0 saturated carbocycles. The van der Waals surface area contributed by atoms with Gasteiger partial charge in [-0.05, 0) is 12.1 Å². The summed E-state index contributed by atoms with van der Waals surface area (Å²) >= 11 is 0. The molecule has 96 valence electrons. The van der Waals surface area contributed by atoms with Gasteiger partial charge in [-0.15, -0.1) is 0 Å². The standard InChI is InChI=1S/C14H18N2O2/c1-10(2)15-9-13-12(6-7-18-13)11-4-5-14(17-3)16-8-11/h4-8,10,15H,9H2,1-3H3. The predicted molar refractivity (Wildman–Crippen MR) is 70.5 cm³/mol. The maximum Gasteiger partial charge on any atom is 0.212 e. The maximum atomic E-state index is 5.50. The second-order valence-electron chi connectivity index (χ2n) is 4.38. The Morgan fingerprint density at radius 1 is 1.33 bits per heavy atom. The van der Waals surface area contributed by atoms with Crippen LogP contribution >= 0.6 is 0 Å². The van der Waals surface area contributed by atoms with Crippen LogP contribution in [0.1, 0.15) is 19.6 Å². The molecule has 18 heavy (non-hydrogen) atoms. The van der Waals surface area contributed by atoms with E-state index in [9.17, 15) is 0 Å². The van der Waals surface area contributed by atoms with E-state index in [0.29, 0.717) is 18.5 Å². The predicted octanol–water partition coefficient (Wildman–Crippen LogP) is 2.85. The third-order valence-electron chi connectivity index (χ3n) is 2.67. The van der Waals surface area contributed by atoms with Crippen LogP contribution in [0.25, 0.3) is 11.1 Å². The Labute approximate surface area is 107 Å². The number of hydrogen-bond acceptors (Lipinski definition) is 4. The molecule has 1 N–H and O–H groups in total. The number of furan rings is 1. The summed E-state index contributed by atoms with van der Waals surface area (Å²) in [6, 6.07) is 6.22. The zero-order valence-electron chi connectivity index (χ0n) is 10.9. The molecule has 4 nitrogen and oxygen atoms in total. The average molecular weight is 246 g/mol. The molecule has 2 heterocycles. The molecule has 0 bridgehead atoms. The number of ether oxygens (including phenoxy) is 1. The third-order valence-corrected chi connectivity index (χ3v) is 2.67. The first-order chi connectivity index (χ1) is 8.70. The van der Waals surface area contributed by atoms with Gasteiger partial charge < -0.3 is 14.5 Å². The van der Waals surface area contributed by atoms with Crippen LogP contribution < -0.4 is 10.1 Å². The van der Waals surface area contributed by atoms with Gasteiger partial charge in [-0.1, -0.05) is 13.8 Å². The van der Waals surface area contributed by atoms with E-state index in [1.807, 2.05) is 18.2 Å². The molecule has 0 spiro atoms. The molecule has 0 atom stereocenters. The number of aromatic nitrogens is 1. The van der Waals surface area contributed by atoms with Crippen LogP contribution in [0.4, 0.5) is 0 Å². The van der Waals surface area contributed by atoms with Crippen LogP contribution in [0.5, 0.6) is 5.88 Å². The zero-order valence-corrected chi connectivity index (χ0v) is 10.9. The monoisotopic (exact) mass is 246 g/mol. The molecule has 2 rings (SSSR count). The van der Waals surface area contributed by atoms with Crippen LogP contribution in [-0.4, -0.2) is 18.1 Å². The maximum absolute atomic E-state index is 5.50. The number of methoxy groups -OCH3 is 1. The van der Waals surface area contributed by atoms with Gasteiger partial charge in [0, 0.05) is 29.4 Å². The zero-order chi connectivity index (χ0) is 13.0. The van der Waals surface area contributed by atoms with E-state index >= 15 is 0 Å². The summed E-state index contributed by atoms with van der Waals surface area (Å²) < 4.78 is 10.6. The molecule has 0 aromatic carbocycles. The topological polar surface area (TPSA) is 47.3 Å². The van der Waals surface area contributed by atoms with E-state index in [-0.39, 0.29) is 0 Å². The van der Waals surface area contributed by atoms with Crippen molar-refractivity contribution < 1.29 is 9.15 Å². The molecular formula is C14H18N2O2. The number of rotatable bonds is 5. The van der Waals surface area contributed by atoms with E-state index in [4.69, 9.17) is 9.15 Å². The van der Waals surface area contributed by atoms with E-state index in [0.717, 1.165) is 16.9 Å². The van der Waals surface area contributed by atoms with Gasteiger partial charge in [0.05, 0.1) is 19.9 Å². The van der Waals surface area contributed by atoms with Crippen molar-refractivity contribution >= 4 is 0 Å². The minimum Gasteiger partial charge on any atom is -0.481 e. The van der Waals surface area contributed by atoms with Gasteiger partial charge in [0.2, 0.25) is 5.88 Å². The molecule has 2 aromatic rings. The Hall–Kier alpha value is -1.81. The normalized spacial score (nSPS) is 10.9. The van der Waals surface area contributed by atoms with E-state index < -0.39 is 0 Å². The lowest BCUT2D eigenvalue weighted by molar-refractivity contribution is 0.398. The Bertz CT molecular complexity index is 489. The first-order valence-electron chi connectivity index (χ1n) is 6.01. The number of pyridine rings is 1. The lowest BCUT2D eigenvalue weighted by Gasteiger charge is -2.08. The van der Waals surface area contributed by atoms with Crippen LogP contribution in [0, 0.1) is 0 Å². The van der Waals surface area contributed by atoms with Crippen molar-refractivity contribution in [1.82, 2.24) is 10.3 Å². The lowest BCUT2D eigenvalue weighted by atomic mass is 10.1. The minimum atomic E-state index is 0.428. The third kappa shape index (κ3) is 2.90. The largest absolute Gasteiger partial charge is 0.481 e. The lowest BCUT2D eigenvalue weighted by Crippen LogP contribution is -2.21. The Kier molecular flexibility index (Phi) is 3.99. The molecule has 0 saturated heterocycles. The summed E-state index contributed by atoms with van der Waals surface area (Å²) in [6.45, 7) is 4.93. The molecular weight excluding hydrogens is 228 g/mol. The van der Waals surface area contributed by atoms with Gasteiger partial charge >= 0.3 is 0 Å². The number of nitrogens with one attached hydrogen (secondary N) is 1. The second-order valence-corrected chi connectivity index (χ2v) is 4.38. The quantitative estimate of drug-likeness (QED) is 0.881. The highest BCUT2D eigenvalue weighted by Crippen LogP contribution is 2.25. The first kappa shape index (κ1) is 12.6. The van der Waals surface area contributed by atoms with Crippen molar-refractivity contribution in [1.29, 1.82) is 0 Å². The van der Waals surface area contributed by atoms with E-state index in [1.165, 1.54) is 0 Å². The van der Waals surface area contributed by atoms with Crippen molar-refractivity contribution in [2.75, 3.05) is 7.11 Å². The number of hydrogen-bond donors (Lipinski definition) is 1. The smallest absolute Gasteiger partial charge is 0.212 e. The van der Waals surface area contributed by atoms with Crippen LogP contribution in [-0.2, 0) is 6.54 Å². The molecule has 0 unspecified atom stereocenters. The summed E-state index contributed by atoms with van der Waals surface area (Å²) in [4.78, 5) is 4.21. The Morgan fingerprint density at radius 2 is 2.17 bits per heavy atom. The fraction of sp³-hybridized carbons (Fsp3) is 0.357. The first-order valence-corrected chi connectivity index (χ1v) is 6.01. The molecule has 0 radical (unpaired) electrons. The van der Waals surface area contributed by atoms with Crippen LogP contribution in [0.3, 0.4) is 0 Å². The summed E-state index contributed by atoms with van der Waals surface area (Å²) in [6.07, 6.45) is 3.50. The Balaban J connectivity index is 2.19. The fourth-order valence-electron chi connectivity index (χ4n) is 1.69. The van der Waals surface area contributed by atoms with Crippen molar-refractivity contribution in [2.24, 2.45) is 0 Å². The van der Waals surface area contributed by atoms with E-state index in [1.54, 1.807) is 19.6 Å². The van der Waals surface area contributed by atoms with Crippen molar-refractivity contribution in [3.8, 4) is 17.0 Å². The highest BCUT2D eigenvalue weighted by molar-refractivity contribution is 5.64. The highest BCUT2D eigenvalue weighted by Gasteiger charge is 2.09. The highest BCUT2D eigenvalue weighted by atomic mass is 16.5. The van der Waals surface area contributed by atoms with Gasteiger partial charge in [0.15, 0.2) is 0 Å². The van der Waals surface area contributed by atoms with Gasteiger partial charge in [-0.3, -0.25) is 0 Å². The number of nitrogens with zero attached hydrogens (tertiary/aromatic N) is 1. The molecule has 0 fully saturated rings.